The van der Waals surface area contributed by atoms with Gasteiger partial charge in [0.05, 0.1) is 0 Å². The van der Waals surface area contributed by atoms with Crippen LogP contribution in [0, 0.1) is 13.8 Å². The van der Waals surface area contributed by atoms with Crippen LogP contribution in [0.15, 0.2) is 66.7 Å². The summed E-state index contributed by atoms with van der Waals surface area (Å²) in [5.41, 5.74) is 3.67. The Morgan fingerprint density at radius 3 is 2.12 bits per heavy atom. The first kappa shape index (κ1) is 17.1. The van der Waals surface area contributed by atoms with Gasteiger partial charge in [0.25, 0.3) is 5.91 Å². The van der Waals surface area contributed by atoms with Crippen molar-refractivity contribution in [1.29, 1.82) is 0 Å². The standard InChI is InChI=1S/C21H18ClNO2/c1-14-3-10-20(13-15(14)2)25-19-11-8-18(9-12-19)23-21(24)16-4-6-17(22)7-5-16/h3-13H,1-2H3,(H,23,24). The number of benzene rings is 3. The fourth-order valence-electron chi connectivity index (χ4n) is 2.32. The summed E-state index contributed by atoms with van der Waals surface area (Å²) in [4.78, 5) is 12.2. The molecule has 3 rings (SSSR count). The molecule has 126 valence electrons. The summed E-state index contributed by atoms with van der Waals surface area (Å²) in [6.45, 7) is 4.12. The molecule has 1 N–H and O–H groups in total. The number of anilines is 1. The van der Waals surface area contributed by atoms with Crippen molar-refractivity contribution in [2.45, 2.75) is 13.8 Å². The highest BCUT2D eigenvalue weighted by Gasteiger charge is 2.06. The monoisotopic (exact) mass is 351 g/mol. The first-order valence-electron chi connectivity index (χ1n) is 7.93. The van der Waals surface area contributed by atoms with Gasteiger partial charge < -0.3 is 10.1 Å². The maximum absolute atomic E-state index is 12.2. The van der Waals surface area contributed by atoms with E-state index in [0.29, 0.717) is 22.0 Å². The summed E-state index contributed by atoms with van der Waals surface area (Å²) in [5.74, 6) is 1.33. The van der Waals surface area contributed by atoms with E-state index in [1.807, 2.05) is 42.5 Å². The molecule has 0 radical (unpaired) electrons. The van der Waals surface area contributed by atoms with E-state index in [1.165, 1.54) is 11.1 Å². The zero-order valence-electron chi connectivity index (χ0n) is 14.0. The molecular formula is C21H18ClNO2. The molecule has 0 saturated carbocycles. The van der Waals surface area contributed by atoms with Crippen LogP contribution in [0.4, 0.5) is 5.69 Å². The molecule has 0 heterocycles. The van der Waals surface area contributed by atoms with E-state index in [2.05, 4.69) is 19.2 Å². The van der Waals surface area contributed by atoms with Gasteiger partial charge in [-0.05, 0) is 85.6 Å². The van der Waals surface area contributed by atoms with Crippen LogP contribution < -0.4 is 10.1 Å². The molecule has 0 spiro atoms. The van der Waals surface area contributed by atoms with Crippen molar-refractivity contribution in [2.24, 2.45) is 0 Å². The smallest absolute Gasteiger partial charge is 0.255 e. The average Bonchev–Trinajstić information content (AvgIpc) is 2.60. The summed E-state index contributed by atoms with van der Waals surface area (Å²) < 4.78 is 5.84. The Morgan fingerprint density at radius 2 is 1.48 bits per heavy atom. The molecule has 0 aliphatic heterocycles. The second-order valence-electron chi connectivity index (χ2n) is 5.83. The van der Waals surface area contributed by atoms with Crippen molar-refractivity contribution in [3.8, 4) is 11.5 Å². The van der Waals surface area contributed by atoms with Crippen LogP contribution in [0.25, 0.3) is 0 Å². The van der Waals surface area contributed by atoms with E-state index >= 15 is 0 Å². The molecule has 4 heteroatoms. The molecule has 0 aliphatic carbocycles. The highest BCUT2D eigenvalue weighted by atomic mass is 35.5. The number of hydrogen-bond donors (Lipinski definition) is 1. The Hall–Kier alpha value is -2.78. The van der Waals surface area contributed by atoms with Gasteiger partial charge in [-0.15, -0.1) is 0 Å². The minimum Gasteiger partial charge on any atom is -0.457 e. The molecule has 3 nitrogen and oxygen atoms in total. The number of aryl methyl sites for hydroxylation is 2. The van der Waals surface area contributed by atoms with Crippen molar-refractivity contribution < 1.29 is 9.53 Å². The van der Waals surface area contributed by atoms with Crippen molar-refractivity contribution in [3.63, 3.8) is 0 Å². The number of carbonyl (C=O) groups excluding carboxylic acids is 1. The molecule has 3 aromatic rings. The predicted molar refractivity (Wildman–Crippen MR) is 102 cm³/mol. The number of hydrogen-bond acceptors (Lipinski definition) is 2. The lowest BCUT2D eigenvalue weighted by Gasteiger charge is -2.09. The molecule has 1 amide bonds. The Balaban J connectivity index is 1.66. The Bertz CT molecular complexity index is 887. The van der Waals surface area contributed by atoms with E-state index in [0.717, 1.165) is 5.75 Å². The topological polar surface area (TPSA) is 38.3 Å². The third-order valence-electron chi connectivity index (χ3n) is 3.93. The molecule has 0 saturated heterocycles. The van der Waals surface area contributed by atoms with Crippen molar-refractivity contribution in [3.05, 3.63) is 88.4 Å². The van der Waals surface area contributed by atoms with Crippen molar-refractivity contribution >= 4 is 23.2 Å². The van der Waals surface area contributed by atoms with Crippen LogP contribution in [-0.4, -0.2) is 5.91 Å². The summed E-state index contributed by atoms with van der Waals surface area (Å²) >= 11 is 5.83. The largest absolute Gasteiger partial charge is 0.457 e. The second-order valence-corrected chi connectivity index (χ2v) is 6.27. The summed E-state index contributed by atoms with van der Waals surface area (Å²) in [6, 6.07) is 20.0. The SMILES string of the molecule is Cc1ccc(Oc2ccc(NC(=O)c3ccc(Cl)cc3)cc2)cc1C. The summed E-state index contributed by atoms with van der Waals surface area (Å²) in [7, 11) is 0. The lowest BCUT2D eigenvalue weighted by atomic mass is 10.1. The van der Waals surface area contributed by atoms with Gasteiger partial charge in [0.2, 0.25) is 0 Å². The van der Waals surface area contributed by atoms with Gasteiger partial charge >= 0.3 is 0 Å². The van der Waals surface area contributed by atoms with Gasteiger partial charge in [0.15, 0.2) is 0 Å². The maximum atomic E-state index is 12.2. The quantitative estimate of drug-likeness (QED) is 0.625. The van der Waals surface area contributed by atoms with Crippen LogP contribution in [-0.2, 0) is 0 Å². The minimum absolute atomic E-state index is 0.181. The fraction of sp³-hybridized carbons (Fsp3) is 0.0952. The van der Waals surface area contributed by atoms with E-state index in [1.54, 1.807) is 24.3 Å². The van der Waals surface area contributed by atoms with Gasteiger partial charge in [0.1, 0.15) is 11.5 Å². The number of nitrogens with one attached hydrogen (secondary N) is 1. The molecule has 0 atom stereocenters. The third-order valence-corrected chi connectivity index (χ3v) is 4.18. The van der Waals surface area contributed by atoms with Crippen LogP contribution in [0.5, 0.6) is 11.5 Å². The van der Waals surface area contributed by atoms with Crippen LogP contribution >= 0.6 is 11.6 Å². The lowest BCUT2D eigenvalue weighted by Crippen LogP contribution is -2.11. The number of amides is 1. The number of halogens is 1. The van der Waals surface area contributed by atoms with E-state index in [9.17, 15) is 4.79 Å². The fourth-order valence-corrected chi connectivity index (χ4v) is 2.45. The zero-order chi connectivity index (χ0) is 17.8. The molecule has 0 bridgehead atoms. The summed E-state index contributed by atoms with van der Waals surface area (Å²) in [5, 5.41) is 3.45. The lowest BCUT2D eigenvalue weighted by molar-refractivity contribution is 0.102. The highest BCUT2D eigenvalue weighted by molar-refractivity contribution is 6.30. The first-order valence-corrected chi connectivity index (χ1v) is 8.31. The molecule has 0 fully saturated rings. The van der Waals surface area contributed by atoms with Crippen molar-refractivity contribution in [2.75, 3.05) is 5.32 Å². The van der Waals surface area contributed by atoms with Gasteiger partial charge in [-0.25, -0.2) is 0 Å². The molecule has 0 aliphatic rings. The molecular weight excluding hydrogens is 334 g/mol. The molecule has 0 aromatic heterocycles. The van der Waals surface area contributed by atoms with Gasteiger partial charge in [-0.2, -0.15) is 0 Å². The Morgan fingerprint density at radius 1 is 0.840 bits per heavy atom. The maximum Gasteiger partial charge on any atom is 0.255 e. The Labute approximate surface area is 152 Å². The average molecular weight is 352 g/mol. The van der Waals surface area contributed by atoms with Crippen LogP contribution in [0.3, 0.4) is 0 Å². The van der Waals surface area contributed by atoms with Crippen LogP contribution in [0.2, 0.25) is 5.02 Å². The van der Waals surface area contributed by atoms with E-state index in [-0.39, 0.29) is 5.91 Å². The number of ether oxygens (including phenoxy) is 1. The van der Waals surface area contributed by atoms with Gasteiger partial charge in [-0.1, -0.05) is 17.7 Å². The predicted octanol–water partition coefficient (Wildman–Crippen LogP) is 6.00. The summed E-state index contributed by atoms with van der Waals surface area (Å²) in [6.07, 6.45) is 0. The Kier molecular flexibility index (Phi) is 5.05. The van der Waals surface area contributed by atoms with Crippen LogP contribution in [0.1, 0.15) is 21.5 Å². The van der Waals surface area contributed by atoms with E-state index in [4.69, 9.17) is 16.3 Å². The normalized spacial score (nSPS) is 10.4. The highest BCUT2D eigenvalue weighted by Crippen LogP contribution is 2.25. The second kappa shape index (κ2) is 7.41. The first-order chi connectivity index (χ1) is 12.0. The molecule has 25 heavy (non-hydrogen) atoms. The third kappa shape index (κ3) is 4.40. The number of carbonyl (C=O) groups is 1. The van der Waals surface area contributed by atoms with Crippen molar-refractivity contribution in [1.82, 2.24) is 0 Å². The van der Waals surface area contributed by atoms with Gasteiger partial charge in [-0.3, -0.25) is 4.79 Å². The molecule has 0 unspecified atom stereocenters. The molecule has 3 aromatic carbocycles. The van der Waals surface area contributed by atoms with E-state index < -0.39 is 0 Å². The van der Waals surface area contributed by atoms with Gasteiger partial charge in [0, 0.05) is 16.3 Å². The number of rotatable bonds is 4. The minimum atomic E-state index is -0.181. The zero-order valence-corrected chi connectivity index (χ0v) is 14.8.